The van der Waals surface area contributed by atoms with Crippen molar-refractivity contribution in [2.24, 2.45) is 7.05 Å². The quantitative estimate of drug-likeness (QED) is 0.622. The highest BCUT2D eigenvalue weighted by molar-refractivity contribution is 7.18. The normalized spacial score (nSPS) is 17.0. The molecule has 4 heterocycles. The van der Waals surface area contributed by atoms with E-state index in [-0.39, 0.29) is 11.5 Å². The van der Waals surface area contributed by atoms with Gasteiger partial charge in [0, 0.05) is 50.2 Å². The fourth-order valence-electron chi connectivity index (χ4n) is 5.22. The number of hydrogen-bond donors (Lipinski definition) is 1. The lowest BCUT2D eigenvalue weighted by molar-refractivity contribution is -0.133. The number of amides is 1. The number of aromatic amines is 1. The van der Waals surface area contributed by atoms with Gasteiger partial charge in [-0.25, -0.2) is 4.98 Å². The molecule has 0 atom stereocenters. The maximum atomic E-state index is 12.8. The topological polar surface area (TPSA) is 87.1 Å². The van der Waals surface area contributed by atoms with E-state index in [1.807, 2.05) is 23.6 Å². The molecule has 5 rings (SSSR count). The number of rotatable bonds is 5. The van der Waals surface area contributed by atoms with Gasteiger partial charge in [-0.15, -0.1) is 11.3 Å². The van der Waals surface area contributed by atoms with E-state index in [0.29, 0.717) is 26.1 Å². The van der Waals surface area contributed by atoms with E-state index < -0.39 is 0 Å². The molecule has 3 aromatic rings. The molecule has 0 bridgehead atoms. The molecule has 3 aromatic heterocycles. The Morgan fingerprint density at radius 1 is 1.12 bits per heavy atom. The van der Waals surface area contributed by atoms with Gasteiger partial charge in [0.2, 0.25) is 5.91 Å². The summed E-state index contributed by atoms with van der Waals surface area (Å²) in [5, 5.41) is 5.26. The molecule has 0 radical (unpaired) electrons. The Hall–Kier alpha value is -2.52. The van der Waals surface area contributed by atoms with Crippen molar-refractivity contribution in [1.29, 1.82) is 0 Å². The lowest BCUT2D eigenvalue weighted by Crippen LogP contribution is -2.48. The van der Waals surface area contributed by atoms with E-state index in [4.69, 9.17) is 4.98 Å². The van der Waals surface area contributed by atoms with Crippen LogP contribution in [0.1, 0.15) is 52.5 Å². The highest BCUT2D eigenvalue weighted by atomic mass is 32.1. The minimum absolute atomic E-state index is 0.00389. The smallest absolute Gasteiger partial charge is 0.259 e. The first-order valence-corrected chi connectivity index (χ1v) is 12.7. The van der Waals surface area contributed by atoms with Crippen molar-refractivity contribution in [3.63, 3.8) is 0 Å². The number of nitrogens with one attached hydrogen (secondary N) is 1. The molecule has 2 aliphatic rings. The van der Waals surface area contributed by atoms with Crippen LogP contribution in [0.15, 0.2) is 4.79 Å². The van der Waals surface area contributed by atoms with Crippen molar-refractivity contribution >= 4 is 27.5 Å². The highest BCUT2D eigenvalue weighted by Crippen LogP contribution is 2.33. The predicted octanol–water partition coefficient (Wildman–Crippen LogP) is 2.49. The number of aromatic nitrogens is 4. The van der Waals surface area contributed by atoms with Crippen molar-refractivity contribution in [2.45, 2.75) is 58.9 Å². The molecular formula is C24H32N6O2S. The van der Waals surface area contributed by atoms with Gasteiger partial charge in [0.15, 0.2) is 0 Å². The average Bonchev–Trinajstić information content (AvgIpc) is 3.29. The van der Waals surface area contributed by atoms with Crippen molar-refractivity contribution < 1.29 is 4.79 Å². The predicted molar refractivity (Wildman–Crippen MR) is 130 cm³/mol. The van der Waals surface area contributed by atoms with Gasteiger partial charge in [0.1, 0.15) is 10.7 Å². The van der Waals surface area contributed by atoms with Crippen LogP contribution in [-0.4, -0.2) is 61.6 Å². The van der Waals surface area contributed by atoms with Gasteiger partial charge in [0.25, 0.3) is 5.56 Å². The molecule has 0 unspecified atom stereocenters. The second-order valence-corrected chi connectivity index (χ2v) is 10.4. The van der Waals surface area contributed by atoms with Crippen molar-refractivity contribution in [1.82, 2.24) is 29.5 Å². The van der Waals surface area contributed by atoms with E-state index >= 15 is 0 Å². The second kappa shape index (κ2) is 9.02. The van der Waals surface area contributed by atoms with Gasteiger partial charge < -0.3 is 9.88 Å². The molecule has 0 saturated carbocycles. The maximum absolute atomic E-state index is 12.8. The number of hydrogen-bond acceptors (Lipinski definition) is 6. The van der Waals surface area contributed by atoms with Crippen LogP contribution in [-0.2, 0) is 37.6 Å². The van der Waals surface area contributed by atoms with Gasteiger partial charge in [-0.3, -0.25) is 19.2 Å². The minimum atomic E-state index is 0.00389. The van der Waals surface area contributed by atoms with Crippen LogP contribution in [0, 0.1) is 13.8 Å². The number of nitrogens with zero attached hydrogens (tertiary/aromatic N) is 5. The third-order valence-electron chi connectivity index (χ3n) is 7.22. The second-order valence-electron chi connectivity index (χ2n) is 9.33. The van der Waals surface area contributed by atoms with Crippen LogP contribution >= 0.6 is 11.3 Å². The SMILES string of the molecule is Cc1nn(C)c(C)c1CCC(=O)N1CCN(Cc2nc3sc4c(c3c(=O)[nH]2)CCCC4)CC1. The molecule has 1 aliphatic heterocycles. The molecule has 0 spiro atoms. The molecular weight excluding hydrogens is 436 g/mol. The number of fused-ring (bicyclic) bond motifs is 3. The zero-order chi connectivity index (χ0) is 23.1. The Balaban J connectivity index is 1.18. The highest BCUT2D eigenvalue weighted by Gasteiger charge is 2.24. The Morgan fingerprint density at radius 3 is 2.61 bits per heavy atom. The number of aryl methyl sites for hydroxylation is 4. The van der Waals surface area contributed by atoms with Crippen molar-refractivity contribution in [2.75, 3.05) is 26.2 Å². The van der Waals surface area contributed by atoms with Gasteiger partial charge in [-0.2, -0.15) is 5.10 Å². The number of piperazine rings is 1. The summed E-state index contributed by atoms with van der Waals surface area (Å²) in [5.41, 5.74) is 4.56. The van der Waals surface area contributed by atoms with Crippen LogP contribution in [0.25, 0.3) is 10.2 Å². The monoisotopic (exact) mass is 468 g/mol. The van der Waals surface area contributed by atoms with Crippen LogP contribution in [0.5, 0.6) is 0 Å². The Bertz CT molecular complexity index is 1250. The molecule has 0 aromatic carbocycles. The van der Waals surface area contributed by atoms with Crippen molar-refractivity contribution in [3.05, 3.63) is 43.6 Å². The summed E-state index contributed by atoms with van der Waals surface area (Å²) in [6, 6.07) is 0. The first kappa shape index (κ1) is 22.3. The number of carbonyl (C=O) groups excluding carboxylic acids is 1. The van der Waals surface area contributed by atoms with E-state index in [0.717, 1.165) is 66.2 Å². The fourth-order valence-corrected chi connectivity index (χ4v) is 6.50. The molecule has 1 amide bonds. The molecule has 1 saturated heterocycles. The summed E-state index contributed by atoms with van der Waals surface area (Å²) in [4.78, 5) is 39.9. The van der Waals surface area contributed by atoms with Gasteiger partial charge in [0.05, 0.1) is 17.6 Å². The van der Waals surface area contributed by atoms with Crippen LogP contribution in [0.2, 0.25) is 0 Å². The van der Waals surface area contributed by atoms with Crippen LogP contribution < -0.4 is 5.56 Å². The average molecular weight is 469 g/mol. The van der Waals surface area contributed by atoms with E-state index in [9.17, 15) is 9.59 Å². The fraction of sp³-hybridized carbons (Fsp3) is 0.583. The molecule has 9 heteroatoms. The third-order valence-corrected chi connectivity index (χ3v) is 8.41. The van der Waals surface area contributed by atoms with Crippen LogP contribution in [0.3, 0.4) is 0 Å². The first-order chi connectivity index (χ1) is 15.9. The Kier molecular flexibility index (Phi) is 6.09. The lowest BCUT2D eigenvalue weighted by atomic mass is 9.97. The molecule has 176 valence electrons. The summed E-state index contributed by atoms with van der Waals surface area (Å²) in [7, 11) is 1.94. The lowest BCUT2D eigenvalue weighted by Gasteiger charge is -2.34. The molecule has 1 fully saturated rings. The van der Waals surface area contributed by atoms with Gasteiger partial charge in [-0.05, 0) is 57.1 Å². The molecule has 1 aliphatic carbocycles. The minimum Gasteiger partial charge on any atom is -0.340 e. The number of carbonyl (C=O) groups is 1. The maximum Gasteiger partial charge on any atom is 0.259 e. The summed E-state index contributed by atoms with van der Waals surface area (Å²) in [6.07, 6.45) is 5.68. The van der Waals surface area contributed by atoms with E-state index in [1.165, 1.54) is 22.4 Å². The Labute approximate surface area is 197 Å². The zero-order valence-electron chi connectivity index (χ0n) is 19.7. The molecule has 1 N–H and O–H groups in total. The largest absolute Gasteiger partial charge is 0.340 e. The molecule has 8 nitrogen and oxygen atoms in total. The summed E-state index contributed by atoms with van der Waals surface area (Å²) in [6.45, 7) is 7.68. The molecule has 33 heavy (non-hydrogen) atoms. The van der Waals surface area contributed by atoms with E-state index in [2.05, 4.69) is 21.9 Å². The van der Waals surface area contributed by atoms with Gasteiger partial charge >= 0.3 is 0 Å². The first-order valence-electron chi connectivity index (χ1n) is 11.9. The van der Waals surface area contributed by atoms with Crippen LogP contribution in [0.4, 0.5) is 0 Å². The standard InChI is InChI=1S/C24H32N6O2S/c1-15-17(16(2)28(3)27-15)8-9-21(31)30-12-10-29(11-13-30)14-20-25-23(32)22-18-6-4-5-7-19(18)33-24(22)26-20/h4-14H2,1-3H3,(H,25,26,32). The summed E-state index contributed by atoms with van der Waals surface area (Å²) >= 11 is 1.69. The number of thiophene rings is 1. The van der Waals surface area contributed by atoms with Gasteiger partial charge in [-0.1, -0.05) is 0 Å². The number of H-pyrrole nitrogens is 1. The summed E-state index contributed by atoms with van der Waals surface area (Å²) in [5.74, 6) is 0.933. The third kappa shape index (κ3) is 4.36. The Morgan fingerprint density at radius 2 is 1.88 bits per heavy atom. The van der Waals surface area contributed by atoms with Crippen molar-refractivity contribution in [3.8, 4) is 0 Å². The van der Waals surface area contributed by atoms with E-state index in [1.54, 1.807) is 11.3 Å². The summed E-state index contributed by atoms with van der Waals surface area (Å²) < 4.78 is 1.88. The zero-order valence-corrected chi connectivity index (χ0v) is 20.6.